The molecule has 37 heavy (non-hydrogen) atoms. The first kappa shape index (κ1) is 26.2. The highest BCUT2D eigenvalue weighted by atomic mass is 32.1. The van der Waals surface area contributed by atoms with Crippen molar-refractivity contribution in [3.63, 3.8) is 0 Å². The molecule has 0 radical (unpaired) electrons. The van der Waals surface area contributed by atoms with Gasteiger partial charge in [-0.1, -0.05) is 60.4 Å². The fourth-order valence-corrected chi connectivity index (χ4v) is 5.21. The Labute approximate surface area is 219 Å². The molecule has 1 aromatic heterocycles. The Hall–Kier alpha value is -3.91. The largest absolute Gasteiger partial charge is 0.491 e. The maximum Gasteiger partial charge on any atom is 0.338 e. The van der Waals surface area contributed by atoms with Crippen molar-refractivity contribution in [3.05, 3.63) is 103 Å². The molecule has 7 nitrogen and oxygen atoms in total. The smallest absolute Gasteiger partial charge is 0.338 e. The van der Waals surface area contributed by atoms with Gasteiger partial charge in [0.2, 0.25) is 0 Å². The van der Waals surface area contributed by atoms with Crippen LogP contribution in [0.4, 0.5) is 0 Å². The van der Waals surface area contributed by atoms with E-state index in [4.69, 9.17) is 14.2 Å². The predicted molar refractivity (Wildman–Crippen MR) is 145 cm³/mol. The van der Waals surface area contributed by atoms with Crippen LogP contribution in [-0.2, 0) is 9.53 Å². The van der Waals surface area contributed by atoms with E-state index in [1.54, 1.807) is 30.6 Å². The van der Waals surface area contributed by atoms with Crippen molar-refractivity contribution < 1.29 is 19.0 Å². The molecule has 0 spiro atoms. The number of hydrogen-bond acceptors (Lipinski definition) is 7. The zero-order chi connectivity index (χ0) is 26.5. The Morgan fingerprint density at radius 3 is 2.57 bits per heavy atom. The van der Waals surface area contributed by atoms with Gasteiger partial charge < -0.3 is 14.2 Å². The molecule has 0 fully saturated rings. The van der Waals surface area contributed by atoms with E-state index in [-0.39, 0.29) is 18.3 Å². The second-order valence-corrected chi connectivity index (χ2v) is 9.65. The van der Waals surface area contributed by atoms with Crippen LogP contribution < -0.4 is 24.4 Å². The molecular formula is C29H30N2O5S. The molecule has 192 valence electrons. The summed E-state index contributed by atoms with van der Waals surface area (Å²) in [5.41, 5.74) is 2.01. The van der Waals surface area contributed by atoms with Gasteiger partial charge in [-0.05, 0) is 45.9 Å². The molecule has 2 heterocycles. The van der Waals surface area contributed by atoms with Crippen LogP contribution in [-0.4, -0.2) is 29.9 Å². The van der Waals surface area contributed by atoms with Crippen LogP contribution in [0.1, 0.15) is 44.9 Å². The third kappa shape index (κ3) is 5.44. The van der Waals surface area contributed by atoms with Crippen molar-refractivity contribution in [2.45, 2.75) is 39.8 Å². The van der Waals surface area contributed by atoms with E-state index >= 15 is 0 Å². The minimum Gasteiger partial charge on any atom is -0.491 e. The van der Waals surface area contributed by atoms with Crippen molar-refractivity contribution in [1.29, 1.82) is 0 Å². The Bertz CT molecular complexity index is 1530. The van der Waals surface area contributed by atoms with E-state index in [0.717, 1.165) is 5.56 Å². The van der Waals surface area contributed by atoms with Crippen LogP contribution in [0.5, 0.6) is 11.5 Å². The van der Waals surface area contributed by atoms with Crippen LogP contribution in [0.25, 0.3) is 6.08 Å². The maximum absolute atomic E-state index is 13.9. The molecule has 0 aliphatic carbocycles. The molecule has 0 bridgehead atoms. The molecule has 1 atom stereocenters. The van der Waals surface area contributed by atoms with E-state index in [0.29, 0.717) is 44.3 Å². The topological polar surface area (TPSA) is 79.1 Å². The molecule has 1 aliphatic heterocycles. The number of carbonyl (C=O) groups excluding carboxylic acids is 1. The van der Waals surface area contributed by atoms with E-state index in [1.165, 1.54) is 11.3 Å². The molecule has 0 unspecified atom stereocenters. The molecule has 3 aromatic rings. The molecule has 4 rings (SSSR count). The average molecular weight is 519 g/mol. The summed E-state index contributed by atoms with van der Waals surface area (Å²) in [6.45, 7) is 11.6. The molecule has 0 amide bonds. The molecule has 0 saturated carbocycles. The normalized spacial score (nSPS) is 15.3. The lowest BCUT2D eigenvalue weighted by Gasteiger charge is -2.26. The van der Waals surface area contributed by atoms with Gasteiger partial charge in [-0.3, -0.25) is 9.36 Å². The van der Waals surface area contributed by atoms with Crippen molar-refractivity contribution in [1.82, 2.24) is 4.57 Å². The fourth-order valence-electron chi connectivity index (χ4n) is 4.17. The molecule has 1 aliphatic rings. The lowest BCUT2D eigenvalue weighted by molar-refractivity contribution is -0.139. The van der Waals surface area contributed by atoms with Gasteiger partial charge in [0.25, 0.3) is 5.56 Å². The predicted octanol–water partition coefficient (Wildman–Crippen LogP) is 4.15. The summed E-state index contributed by atoms with van der Waals surface area (Å²) in [5, 5.41) is 0. The minimum atomic E-state index is -0.750. The number of allylic oxidation sites excluding steroid dienone is 1. The quantitative estimate of drug-likeness (QED) is 0.314. The average Bonchev–Trinajstić information content (AvgIpc) is 3.17. The third-order valence-electron chi connectivity index (χ3n) is 5.66. The number of ether oxygens (including phenoxy) is 3. The first-order chi connectivity index (χ1) is 17.8. The standard InChI is InChI=1S/C29H30N2O5S/c1-6-16-35-22-14-10-8-12-20(22)17-24-27(32)31-26(21-13-9-11-15-23(21)36-18(3)4)25(28(33)34-7-2)19(5)30-29(31)37-24/h6,8-15,17-18,26H,1,7,16H2,2-5H3/b24-17-/t26-/m1/s1. The monoisotopic (exact) mass is 518 g/mol. The van der Waals surface area contributed by atoms with E-state index in [2.05, 4.69) is 11.6 Å². The number of thiazole rings is 1. The van der Waals surface area contributed by atoms with Crippen LogP contribution in [0.3, 0.4) is 0 Å². The summed E-state index contributed by atoms with van der Waals surface area (Å²) in [5.74, 6) is 0.728. The lowest BCUT2D eigenvalue weighted by atomic mass is 9.95. The minimum absolute atomic E-state index is 0.0971. The molecule has 0 saturated heterocycles. The van der Waals surface area contributed by atoms with E-state index in [9.17, 15) is 9.59 Å². The van der Waals surface area contributed by atoms with Crippen molar-refractivity contribution >= 4 is 23.4 Å². The fraction of sp³-hybridized carbons (Fsp3) is 0.276. The number of nitrogens with zero attached hydrogens (tertiary/aromatic N) is 2. The highest BCUT2D eigenvalue weighted by molar-refractivity contribution is 7.07. The number of carbonyl (C=O) groups is 1. The number of para-hydroxylation sites is 2. The van der Waals surface area contributed by atoms with Crippen LogP contribution in [0.2, 0.25) is 0 Å². The summed E-state index contributed by atoms with van der Waals surface area (Å²) >= 11 is 1.26. The summed E-state index contributed by atoms with van der Waals surface area (Å²) in [6.07, 6.45) is 3.36. The van der Waals surface area contributed by atoms with Gasteiger partial charge in [0, 0.05) is 11.1 Å². The molecule has 0 N–H and O–H groups in total. The number of benzene rings is 2. The van der Waals surface area contributed by atoms with Gasteiger partial charge in [0.05, 0.1) is 28.5 Å². The summed E-state index contributed by atoms with van der Waals surface area (Å²) in [7, 11) is 0. The highest BCUT2D eigenvalue weighted by Crippen LogP contribution is 2.36. The van der Waals surface area contributed by atoms with Crippen LogP contribution in [0, 0.1) is 0 Å². The Balaban J connectivity index is 1.96. The highest BCUT2D eigenvalue weighted by Gasteiger charge is 2.35. The second kappa shape index (κ2) is 11.4. The Morgan fingerprint density at radius 1 is 1.16 bits per heavy atom. The van der Waals surface area contributed by atoms with Crippen LogP contribution >= 0.6 is 11.3 Å². The van der Waals surface area contributed by atoms with Gasteiger partial charge >= 0.3 is 5.97 Å². The van der Waals surface area contributed by atoms with Crippen molar-refractivity contribution in [3.8, 4) is 11.5 Å². The van der Waals surface area contributed by atoms with Crippen molar-refractivity contribution in [2.24, 2.45) is 4.99 Å². The Kier molecular flexibility index (Phi) is 8.08. The first-order valence-electron chi connectivity index (χ1n) is 12.1. The number of aromatic nitrogens is 1. The first-order valence-corrected chi connectivity index (χ1v) is 12.9. The van der Waals surface area contributed by atoms with Crippen LogP contribution in [0.15, 0.2) is 82.2 Å². The SMILES string of the molecule is C=CCOc1ccccc1/C=c1\sc2n(c1=O)[C@H](c1ccccc1OC(C)C)C(C(=O)OCC)=C(C)N=2. The van der Waals surface area contributed by atoms with E-state index < -0.39 is 12.0 Å². The van der Waals surface area contributed by atoms with Gasteiger partial charge in [-0.25, -0.2) is 9.79 Å². The Morgan fingerprint density at radius 2 is 1.86 bits per heavy atom. The summed E-state index contributed by atoms with van der Waals surface area (Å²) in [4.78, 5) is 32.2. The molecular weight excluding hydrogens is 488 g/mol. The second-order valence-electron chi connectivity index (χ2n) is 8.64. The molecule has 2 aromatic carbocycles. The number of fused-ring (bicyclic) bond motifs is 1. The summed E-state index contributed by atoms with van der Waals surface area (Å²) in [6, 6.07) is 14.2. The molecule has 8 heteroatoms. The van der Waals surface area contributed by atoms with Gasteiger partial charge in [-0.2, -0.15) is 0 Å². The van der Waals surface area contributed by atoms with Gasteiger partial charge in [0.1, 0.15) is 24.1 Å². The number of rotatable bonds is 9. The van der Waals surface area contributed by atoms with Gasteiger partial charge in [0.15, 0.2) is 4.80 Å². The third-order valence-corrected chi connectivity index (χ3v) is 6.64. The zero-order valence-electron chi connectivity index (χ0n) is 21.4. The number of hydrogen-bond donors (Lipinski definition) is 0. The maximum atomic E-state index is 13.9. The zero-order valence-corrected chi connectivity index (χ0v) is 22.2. The van der Waals surface area contributed by atoms with Crippen molar-refractivity contribution in [2.75, 3.05) is 13.2 Å². The van der Waals surface area contributed by atoms with Gasteiger partial charge in [-0.15, -0.1) is 0 Å². The number of esters is 1. The summed E-state index contributed by atoms with van der Waals surface area (Å²) < 4.78 is 19.3. The lowest BCUT2D eigenvalue weighted by Crippen LogP contribution is -2.40. The van der Waals surface area contributed by atoms with E-state index in [1.807, 2.05) is 62.4 Å².